The van der Waals surface area contributed by atoms with Crippen molar-refractivity contribution in [2.45, 2.75) is 19.0 Å². The minimum atomic E-state index is 0.391. The first-order valence-corrected chi connectivity index (χ1v) is 3.20. The van der Waals surface area contributed by atoms with E-state index < -0.39 is 0 Å². The number of hydrogen-bond acceptors (Lipinski definition) is 2. The summed E-state index contributed by atoms with van der Waals surface area (Å²) in [6.45, 7) is 1.24. The molecule has 1 aliphatic carbocycles. The highest BCUT2D eigenvalue weighted by Gasteiger charge is 2.57. The number of hydrogen-bond donors (Lipinski definition) is 1. The van der Waals surface area contributed by atoms with Crippen molar-refractivity contribution < 1.29 is 0 Å². The van der Waals surface area contributed by atoms with Gasteiger partial charge in [-0.05, 0) is 19.9 Å². The maximum absolute atomic E-state index is 5.79. The Kier molecular flexibility index (Phi) is 0.649. The second kappa shape index (κ2) is 1.09. The SMILES string of the molecule is CN1CC2(CC2)C1N. The van der Waals surface area contributed by atoms with Crippen molar-refractivity contribution in [2.75, 3.05) is 13.6 Å². The molecule has 1 saturated heterocycles. The Morgan fingerprint density at radius 2 is 2.25 bits per heavy atom. The van der Waals surface area contributed by atoms with Gasteiger partial charge < -0.3 is 5.73 Å². The Balaban J connectivity index is 2.06. The highest BCUT2D eigenvalue weighted by molar-refractivity contribution is 5.09. The molecule has 2 nitrogen and oxygen atoms in total. The lowest BCUT2D eigenvalue weighted by Crippen LogP contribution is -2.60. The lowest BCUT2D eigenvalue weighted by atomic mass is 9.93. The highest BCUT2D eigenvalue weighted by atomic mass is 15.3. The van der Waals surface area contributed by atoms with Crippen LogP contribution >= 0.6 is 0 Å². The monoisotopic (exact) mass is 112 g/mol. The maximum Gasteiger partial charge on any atom is 0.0639 e. The second-order valence-corrected chi connectivity index (χ2v) is 3.22. The van der Waals surface area contributed by atoms with E-state index in [0.29, 0.717) is 11.6 Å². The molecule has 2 N–H and O–H groups in total. The lowest BCUT2D eigenvalue weighted by Gasteiger charge is -2.44. The zero-order valence-electron chi connectivity index (χ0n) is 5.22. The highest BCUT2D eigenvalue weighted by Crippen LogP contribution is 2.55. The van der Waals surface area contributed by atoms with Gasteiger partial charge in [-0.3, -0.25) is 4.90 Å². The molecular weight excluding hydrogens is 100 g/mol. The van der Waals surface area contributed by atoms with Gasteiger partial charge in [-0.15, -0.1) is 0 Å². The number of rotatable bonds is 0. The summed E-state index contributed by atoms with van der Waals surface area (Å²) in [5.74, 6) is 0. The van der Waals surface area contributed by atoms with Gasteiger partial charge in [0.05, 0.1) is 6.17 Å². The van der Waals surface area contributed by atoms with E-state index in [0.717, 1.165) is 0 Å². The fourth-order valence-electron chi connectivity index (χ4n) is 1.66. The van der Waals surface area contributed by atoms with Crippen molar-refractivity contribution in [1.82, 2.24) is 4.90 Å². The summed E-state index contributed by atoms with van der Waals surface area (Å²) >= 11 is 0. The summed E-state index contributed by atoms with van der Waals surface area (Å²) in [6.07, 6.45) is 3.14. The van der Waals surface area contributed by atoms with Gasteiger partial charge in [0.1, 0.15) is 0 Å². The molecule has 2 aliphatic rings. The van der Waals surface area contributed by atoms with Crippen LogP contribution in [0.15, 0.2) is 0 Å². The van der Waals surface area contributed by atoms with E-state index in [-0.39, 0.29) is 0 Å². The molecule has 1 saturated carbocycles. The molecule has 8 heavy (non-hydrogen) atoms. The van der Waals surface area contributed by atoms with E-state index in [1.54, 1.807) is 0 Å². The molecule has 1 heterocycles. The van der Waals surface area contributed by atoms with Crippen molar-refractivity contribution >= 4 is 0 Å². The Hall–Kier alpha value is -0.0800. The summed E-state index contributed by atoms with van der Waals surface area (Å²) < 4.78 is 0. The zero-order valence-corrected chi connectivity index (χ0v) is 5.22. The van der Waals surface area contributed by atoms with E-state index in [9.17, 15) is 0 Å². The van der Waals surface area contributed by atoms with Crippen LogP contribution in [0.5, 0.6) is 0 Å². The molecular formula is C6H12N2. The zero-order chi connectivity index (χ0) is 5.78. The Labute approximate surface area is 49.7 Å². The van der Waals surface area contributed by atoms with E-state index >= 15 is 0 Å². The normalized spacial score (nSPS) is 42.0. The number of nitrogens with two attached hydrogens (primary N) is 1. The van der Waals surface area contributed by atoms with Gasteiger partial charge >= 0.3 is 0 Å². The lowest BCUT2D eigenvalue weighted by molar-refractivity contribution is 0.0258. The Bertz CT molecular complexity index is 118. The fraction of sp³-hybridized carbons (Fsp3) is 1.00. The van der Waals surface area contributed by atoms with Crippen LogP contribution in [0.3, 0.4) is 0 Å². The van der Waals surface area contributed by atoms with Gasteiger partial charge in [0.2, 0.25) is 0 Å². The molecule has 0 amide bonds. The van der Waals surface area contributed by atoms with Crippen molar-refractivity contribution in [2.24, 2.45) is 11.1 Å². The first kappa shape index (κ1) is 4.77. The standard InChI is InChI=1S/C6H12N2/c1-8-4-6(2-3-6)5(8)7/h5H,2-4,7H2,1H3. The van der Waals surface area contributed by atoms with Gasteiger partial charge in [0.25, 0.3) is 0 Å². The maximum atomic E-state index is 5.79. The van der Waals surface area contributed by atoms with Crippen LogP contribution in [0, 0.1) is 5.41 Å². The number of likely N-dealkylation sites (tertiary alicyclic amines) is 1. The topological polar surface area (TPSA) is 29.3 Å². The van der Waals surface area contributed by atoms with Crippen molar-refractivity contribution in [3.63, 3.8) is 0 Å². The summed E-state index contributed by atoms with van der Waals surface area (Å²) in [5, 5.41) is 0. The Morgan fingerprint density at radius 1 is 1.62 bits per heavy atom. The van der Waals surface area contributed by atoms with Crippen molar-refractivity contribution in [3.8, 4) is 0 Å². The third kappa shape index (κ3) is 0.361. The minimum absolute atomic E-state index is 0.391. The van der Waals surface area contributed by atoms with E-state index in [2.05, 4.69) is 11.9 Å². The van der Waals surface area contributed by atoms with Gasteiger partial charge in [0, 0.05) is 12.0 Å². The quantitative estimate of drug-likeness (QED) is 0.478. The van der Waals surface area contributed by atoms with Crippen LogP contribution in [-0.2, 0) is 0 Å². The number of nitrogens with zero attached hydrogens (tertiary/aromatic N) is 1. The molecule has 1 atom stereocenters. The van der Waals surface area contributed by atoms with Crippen LogP contribution in [0.2, 0.25) is 0 Å². The van der Waals surface area contributed by atoms with Crippen molar-refractivity contribution in [1.29, 1.82) is 0 Å². The van der Waals surface area contributed by atoms with E-state index in [1.165, 1.54) is 19.4 Å². The third-order valence-electron chi connectivity index (χ3n) is 2.56. The smallest absolute Gasteiger partial charge is 0.0639 e. The molecule has 0 aromatic heterocycles. The van der Waals surface area contributed by atoms with Crippen LogP contribution in [0.4, 0.5) is 0 Å². The first-order valence-electron chi connectivity index (χ1n) is 3.20. The molecule has 2 rings (SSSR count). The molecule has 2 heteroatoms. The fourth-order valence-corrected chi connectivity index (χ4v) is 1.66. The third-order valence-corrected chi connectivity index (χ3v) is 2.56. The van der Waals surface area contributed by atoms with Crippen LogP contribution in [-0.4, -0.2) is 24.7 Å². The van der Waals surface area contributed by atoms with E-state index in [1.807, 2.05) is 0 Å². The largest absolute Gasteiger partial charge is 0.315 e. The molecule has 0 bridgehead atoms. The molecule has 1 aliphatic heterocycles. The van der Waals surface area contributed by atoms with Crippen LogP contribution in [0.25, 0.3) is 0 Å². The summed E-state index contributed by atoms with van der Waals surface area (Å²) in [4.78, 5) is 2.22. The molecule has 0 aromatic carbocycles. The molecule has 1 spiro atoms. The Morgan fingerprint density at radius 3 is 2.38 bits per heavy atom. The summed E-state index contributed by atoms with van der Waals surface area (Å²) in [7, 11) is 2.09. The van der Waals surface area contributed by atoms with Gasteiger partial charge in [-0.2, -0.15) is 0 Å². The predicted molar refractivity (Wildman–Crippen MR) is 32.3 cm³/mol. The predicted octanol–water partition coefficient (Wildman–Crippen LogP) is -0.00320. The average molecular weight is 112 g/mol. The minimum Gasteiger partial charge on any atom is -0.315 e. The van der Waals surface area contributed by atoms with Gasteiger partial charge in [0.15, 0.2) is 0 Å². The average Bonchev–Trinajstić information content (AvgIpc) is 2.49. The molecule has 0 aromatic rings. The summed E-state index contributed by atoms with van der Waals surface area (Å²) in [5.41, 5.74) is 6.39. The molecule has 1 unspecified atom stereocenters. The summed E-state index contributed by atoms with van der Waals surface area (Å²) in [6, 6.07) is 0. The van der Waals surface area contributed by atoms with Gasteiger partial charge in [-0.1, -0.05) is 0 Å². The van der Waals surface area contributed by atoms with Crippen molar-refractivity contribution in [3.05, 3.63) is 0 Å². The molecule has 0 radical (unpaired) electrons. The molecule has 46 valence electrons. The first-order chi connectivity index (χ1) is 3.75. The van der Waals surface area contributed by atoms with Crippen LogP contribution < -0.4 is 5.73 Å². The van der Waals surface area contributed by atoms with E-state index in [4.69, 9.17) is 5.73 Å². The van der Waals surface area contributed by atoms with Gasteiger partial charge in [-0.25, -0.2) is 0 Å². The second-order valence-electron chi connectivity index (χ2n) is 3.22. The molecule has 2 fully saturated rings. The van der Waals surface area contributed by atoms with Crippen LogP contribution in [0.1, 0.15) is 12.8 Å².